The highest BCUT2D eigenvalue weighted by molar-refractivity contribution is 6.13. The monoisotopic (exact) mass is 307 g/mol. The minimum atomic E-state index is -0.648. The molecule has 5 heteroatoms. The average Bonchev–Trinajstić information content (AvgIpc) is 3.32. The minimum absolute atomic E-state index is 0.0280. The molecular weight excluding hydrogens is 290 g/mol. The quantitative estimate of drug-likeness (QED) is 0.937. The van der Waals surface area contributed by atoms with E-state index in [1.54, 1.807) is 24.3 Å². The predicted octanol–water partition coefficient (Wildman–Crippen LogP) is 1.63. The lowest BCUT2D eigenvalue weighted by molar-refractivity contribution is -0.126. The minimum Gasteiger partial charge on any atom is -0.352 e. The van der Waals surface area contributed by atoms with Gasteiger partial charge in [-0.15, -0.1) is 0 Å². The van der Waals surface area contributed by atoms with Crippen molar-refractivity contribution in [1.82, 2.24) is 10.3 Å². The molecule has 1 aromatic carbocycles. The molecule has 1 saturated carbocycles. The van der Waals surface area contributed by atoms with Crippen LogP contribution in [0.15, 0.2) is 48.8 Å². The van der Waals surface area contributed by atoms with Gasteiger partial charge in [-0.25, -0.2) is 0 Å². The zero-order valence-electron chi connectivity index (χ0n) is 12.8. The molecule has 2 atom stereocenters. The first-order valence-corrected chi connectivity index (χ1v) is 7.69. The summed E-state index contributed by atoms with van der Waals surface area (Å²) in [5, 5.41) is 2.93. The summed E-state index contributed by atoms with van der Waals surface area (Å²) < 4.78 is 0. The molecule has 2 aromatic rings. The highest BCUT2D eigenvalue weighted by Crippen LogP contribution is 2.61. The van der Waals surface area contributed by atoms with Crippen LogP contribution in [0.3, 0.4) is 0 Å². The molecule has 2 heterocycles. The summed E-state index contributed by atoms with van der Waals surface area (Å²) in [5.74, 6) is -0.315. The zero-order chi connectivity index (χ0) is 16.0. The normalized spacial score (nSPS) is 24.7. The van der Waals surface area contributed by atoms with E-state index in [-0.39, 0.29) is 17.7 Å². The molecule has 0 saturated heterocycles. The lowest BCUT2D eigenvalue weighted by Gasteiger charge is -2.11. The van der Waals surface area contributed by atoms with Crippen LogP contribution in [0.25, 0.3) is 0 Å². The molecule has 23 heavy (non-hydrogen) atoms. The van der Waals surface area contributed by atoms with Gasteiger partial charge in [0.25, 0.3) is 0 Å². The second-order valence-electron chi connectivity index (χ2n) is 6.19. The molecule has 116 valence electrons. The molecule has 1 aliphatic carbocycles. The van der Waals surface area contributed by atoms with Gasteiger partial charge in [0.2, 0.25) is 11.8 Å². The molecule has 0 bridgehead atoms. The third kappa shape index (κ3) is 1.96. The van der Waals surface area contributed by atoms with E-state index in [2.05, 4.69) is 10.3 Å². The van der Waals surface area contributed by atoms with Gasteiger partial charge >= 0.3 is 0 Å². The van der Waals surface area contributed by atoms with Gasteiger partial charge in [-0.2, -0.15) is 0 Å². The number of hydrogen-bond donors (Lipinski definition) is 1. The number of amides is 2. The Labute approximate surface area is 134 Å². The fourth-order valence-electron chi connectivity index (χ4n) is 3.60. The van der Waals surface area contributed by atoms with Crippen LogP contribution in [-0.2, 0) is 21.5 Å². The number of likely N-dealkylation sites (N-methyl/N-ethyl adjacent to an activating group) is 1. The Bertz CT molecular complexity index is 790. The summed E-state index contributed by atoms with van der Waals surface area (Å²) in [6, 6.07) is 11.5. The molecule has 1 N–H and O–H groups in total. The highest BCUT2D eigenvalue weighted by Gasteiger charge is 2.68. The van der Waals surface area contributed by atoms with Gasteiger partial charge in [0.05, 0.1) is 11.3 Å². The predicted molar refractivity (Wildman–Crippen MR) is 85.7 cm³/mol. The summed E-state index contributed by atoms with van der Waals surface area (Å²) in [4.78, 5) is 30.9. The van der Waals surface area contributed by atoms with Gasteiger partial charge in [0.1, 0.15) is 0 Å². The second-order valence-corrected chi connectivity index (χ2v) is 6.19. The van der Waals surface area contributed by atoms with Crippen molar-refractivity contribution in [3.8, 4) is 0 Å². The van der Waals surface area contributed by atoms with Crippen LogP contribution in [-0.4, -0.2) is 23.8 Å². The Morgan fingerprint density at radius 3 is 2.96 bits per heavy atom. The van der Waals surface area contributed by atoms with Crippen molar-refractivity contribution >= 4 is 17.5 Å². The lowest BCUT2D eigenvalue weighted by Crippen LogP contribution is -2.34. The Hall–Kier alpha value is -2.69. The number of carbonyl (C=O) groups excluding carboxylic acids is 2. The van der Waals surface area contributed by atoms with E-state index in [0.717, 1.165) is 16.8 Å². The van der Waals surface area contributed by atoms with Crippen LogP contribution >= 0.6 is 0 Å². The fourth-order valence-corrected chi connectivity index (χ4v) is 3.60. The number of para-hydroxylation sites is 1. The first-order chi connectivity index (χ1) is 11.1. The van der Waals surface area contributed by atoms with Crippen LogP contribution in [0.5, 0.6) is 0 Å². The molecule has 2 amide bonds. The molecular formula is C18H17N3O2. The van der Waals surface area contributed by atoms with Gasteiger partial charge in [-0.1, -0.05) is 24.3 Å². The van der Waals surface area contributed by atoms with Crippen molar-refractivity contribution in [2.24, 2.45) is 5.92 Å². The Morgan fingerprint density at radius 2 is 2.17 bits per heavy atom. The van der Waals surface area contributed by atoms with Gasteiger partial charge in [-0.05, 0) is 29.7 Å². The lowest BCUT2D eigenvalue weighted by atomic mass is 9.94. The number of nitrogens with one attached hydrogen (secondary N) is 1. The highest BCUT2D eigenvalue weighted by atomic mass is 16.2. The van der Waals surface area contributed by atoms with E-state index in [1.165, 1.54) is 0 Å². The number of carbonyl (C=O) groups is 2. The maximum atomic E-state index is 12.7. The van der Waals surface area contributed by atoms with E-state index >= 15 is 0 Å². The smallest absolute Gasteiger partial charge is 0.238 e. The summed E-state index contributed by atoms with van der Waals surface area (Å²) in [6.07, 6.45) is 4.02. The standard InChI is InChI=1S/C18H17N3O2/c1-21-15-7-3-2-6-13(15)18(17(21)23)9-14(18)16(22)20-11-12-5-4-8-19-10-12/h2-8,10,14H,9,11H2,1H3,(H,20,22). The van der Waals surface area contributed by atoms with Gasteiger partial charge in [-0.3, -0.25) is 14.6 Å². The maximum absolute atomic E-state index is 12.7. The number of pyridine rings is 1. The van der Waals surface area contributed by atoms with Crippen LogP contribution in [0.2, 0.25) is 0 Å². The van der Waals surface area contributed by atoms with Crippen molar-refractivity contribution in [1.29, 1.82) is 0 Å². The van der Waals surface area contributed by atoms with Crippen molar-refractivity contribution in [3.63, 3.8) is 0 Å². The van der Waals surface area contributed by atoms with E-state index in [0.29, 0.717) is 13.0 Å². The van der Waals surface area contributed by atoms with Crippen molar-refractivity contribution < 1.29 is 9.59 Å². The first kappa shape index (κ1) is 13.9. The summed E-state index contributed by atoms with van der Waals surface area (Å²) >= 11 is 0. The molecule has 4 rings (SSSR count). The number of fused-ring (bicyclic) bond motifs is 2. The fraction of sp³-hybridized carbons (Fsp3) is 0.278. The second kappa shape index (κ2) is 4.91. The molecule has 1 aliphatic heterocycles. The summed E-state index contributed by atoms with van der Waals surface area (Å²) in [6.45, 7) is 0.435. The largest absolute Gasteiger partial charge is 0.352 e. The van der Waals surface area contributed by atoms with E-state index in [1.807, 2.05) is 36.4 Å². The van der Waals surface area contributed by atoms with Crippen LogP contribution in [0.1, 0.15) is 17.5 Å². The number of rotatable bonds is 3. The molecule has 1 spiro atoms. The maximum Gasteiger partial charge on any atom is 0.238 e. The molecule has 5 nitrogen and oxygen atoms in total. The van der Waals surface area contributed by atoms with Crippen LogP contribution < -0.4 is 10.2 Å². The summed E-state index contributed by atoms with van der Waals surface area (Å²) in [7, 11) is 1.78. The van der Waals surface area contributed by atoms with Gasteiger partial charge in [0, 0.05) is 31.7 Å². The van der Waals surface area contributed by atoms with Gasteiger partial charge in [0.15, 0.2) is 0 Å². The number of anilines is 1. The van der Waals surface area contributed by atoms with Crippen molar-refractivity contribution in [3.05, 3.63) is 59.9 Å². The van der Waals surface area contributed by atoms with E-state index in [4.69, 9.17) is 0 Å². The van der Waals surface area contributed by atoms with Crippen LogP contribution in [0, 0.1) is 5.92 Å². The van der Waals surface area contributed by atoms with Crippen molar-refractivity contribution in [2.45, 2.75) is 18.4 Å². The van der Waals surface area contributed by atoms with Crippen molar-refractivity contribution in [2.75, 3.05) is 11.9 Å². The molecule has 0 radical (unpaired) electrons. The molecule has 2 aliphatic rings. The SMILES string of the molecule is CN1C(=O)C2(CC2C(=O)NCc2cccnc2)c2ccccc21. The zero-order valence-corrected chi connectivity index (χ0v) is 12.8. The molecule has 1 aromatic heterocycles. The number of nitrogens with zero attached hydrogens (tertiary/aromatic N) is 2. The Balaban J connectivity index is 1.53. The van der Waals surface area contributed by atoms with E-state index in [9.17, 15) is 9.59 Å². The number of benzene rings is 1. The van der Waals surface area contributed by atoms with Gasteiger partial charge < -0.3 is 10.2 Å². The molecule has 2 unspecified atom stereocenters. The third-order valence-corrected chi connectivity index (χ3v) is 4.90. The molecule has 1 fully saturated rings. The number of hydrogen-bond acceptors (Lipinski definition) is 3. The Morgan fingerprint density at radius 1 is 1.35 bits per heavy atom. The number of aromatic nitrogens is 1. The summed E-state index contributed by atoms with van der Waals surface area (Å²) in [5.41, 5.74) is 2.20. The Kier molecular flexibility index (Phi) is 2.98. The first-order valence-electron chi connectivity index (χ1n) is 7.69. The third-order valence-electron chi connectivity index (χ3n) is 4.90. The average molecular weight is 307 g/mol. The van der Waals surface area contributed by atoms with Crippen LogP contribution in [0.4, 0.5) is 5.69 Å². The van der Waals surface area contributed by atoms with E-state index < -0.39 is 5.41 Å². The topological polar surface area (TPSA) is 62.3 Å².